The van der Waals surface area contributed by atoms with Gasteiger partial charge in [-0.2, -0.15) is 13.8 Å². The number of hydrogen-bond donors (Lipinski definition) is 0. The van der Waals surface area contributed by atoms with Gasteiger partial charge in [0.05, 0.1) is 0 Å². The van der Waals surface area contributed by atoms with E-state index in [1.807, 2.05) is 0 Å². The molecule has 0 aliphatic carbocycles. The van der Waals surface area contributed by atoms with Crippen molar-refractivity contribution >= 4 is 18.8 Å². The summed E-state index contributed by atoms with van der Waals surface area (Å²) in [7, 11) is 9.75. The van der Waals surface area contributed by atoms with Crippen molar-refractivity contribution in [3.63, 3.8) is 0 Å². The molecule has 0 aliphatic rings. The average molecular weight is 360 g/mol. The van der Waals surface area contributed by atoms with Crippen LogP contribution >= 0.6 is 18.8 Å². The fourth-order valence-corrected chi connectivity index (χ4v) is 0. The Morgan fingerprint density at radius 3 is 0.889 bits per heavy atom. The Bertz CT molecular complexity index is 16.5. The zero-order chi connectivity index (χ0) is 6.71. The van der Waals surface area contributed by atoms with Gasteiger partial charge >= 0.3 is 35.3 Å². The van der Waals surface area contributed by atoms with E-state index in [0.29, 0.717) is 0 Å². The second-order valence-electron chi connectivity index (χ2n) is 0.0452. The van der Waals surface area contributed by atoms with Crippen molar-refractivity contribution in [2.75, 3.05) is 0 Å². The second kappa shape index (κ2) is 129. The summed E-state index contributed by atoms with van der Waals surface area (Å²) in [6.45, 7) is 10.0. The van der Waals surface area contributed by atoms with Crippen LogP contribution in [-0.2, 0) is 16.5 Å². The molecule has 5 heteroatoms. The van der Waals surface area contributed by atoms with E-state index in [1.54, 1.807) is 13.8 Å². The van der Waals surface area contributed by atoms with Crippen molar-refractivity contribution in [1.29, 1.82) is 0 Å². The zero-order valence-corrected chi connectivity index (χ0v) is 9.27. The number of rotatable bonds is 0. The quantitative estimate of drug-likeness (QED) is 0.587. The molecule has 9 heavy (non-hydrogen) atoms. The fourth-order valence-electron chi connectivity index (χ4n) is 0. The van der Waals surface area contributed by atoms with E-state index < -0.39 is 16.5 Å². The summed E-state index contributed by atoms with van der Waals surface area (Å²) < 4.78 is 0. The van der Waals surface area contributed by atoms with Gasteiger partial charge in [0.25, 0.3) is 0 Å². The summed E-state index contributed by atoms with van der Waals surface area (Å²) in [6.07, 6.45) is 0. The first-order valence-electron chi connectivity index (χ1n) is 1.65. The molecule has 2 nitrogen and oxygen atoms in total. The van der Waals surface area contributed by atoms with Crippen LogP contribution in [0, 0.1) is 13.8 Å². The molecule has 0 aromatic heterocycles. The van der Waals surface area contributed by atoms with Gasteiger partial charge in [-0.05, 0) is 0 Å². The normalized spacial score (nSPS) is 3.78. The summed E-state index contributed by atoms with van der Waals surface area (Å²) in [5.74, 6) is 0. The first kappa shape index (κ1) is 32.0. The molecule has 0 unspecified atom stereocenters. The second-order valence-corrected chi connectivity index (χ2v) is 3.33. The van der Waals surface area contributed by atoms with Crippen LogP contribution in [0.4, 0.5) is 0 Å². The molecule has 4 N–H and O–H groups in total. The maximum absolute atomic E-state index is 4.88. The summed E-state index contributed by atoms with van der Waals surface area (Å²) >= 11 is -0.472. The summed E-state index contributed by atoms with van der Waals surface area (Å²) in [4.78, 5) is 0. The Morgan fingerprint density at radius 1 is 0.889 bits per heavy atom. The monoisotopic (exact) mass is 359 g/mol. The third-order valence-corrected chi connectivity index (χ3v) is 0. The SMILES string of the molecule is O.O.[CH2-]C.[CH2-]C.[Cl][Pt+2][Cl]. The van der Waals surface area contributed by atoms with E-state index in [-0.39, 0.29) is 11.0 Å². The van der Waals surface area contributed by atoms with Gasteiger partial charge in [-0.1, -0.05) is 0 Å². The molecule has 0 bridgehead atoms. The minimum absolute atomic E-state index is 0. The van der Waals surface area contributed by atoms with Crippen molar-refractivity contribution in [2.24, 2.45) is 0 Å². The van der Waals surface area contributed by atoms with Crippen LogP contribution in [0.1, 0.15) is 13.8 Å². The van der Waals surface area contributed by atoms with Crippen molar-refractivity contribution < 1.29 is 27.4 Å². The summed E-state index contributed by atoms with van der Waals surface area (Å²) in [5, 5.41) is 0. The maximum atomic E-state index is 4.88. The predicted octanol–water partition coefficient (Wildman–Crippen LogP) is 1.41. The zero-order valence-electron chi connectivity index (χ0n) is 5.49. The van der Waals surface area contributed by atoms with E-state index in [2.05, 4.69) is 13.8 Å². The minimum atomic E-state index is -0.472. The van der Waals surface area contributed by atoms with Crippen molar-refractivity contribution in [1.82, 2.24) is 0 Å². The Labute approximate surface area is 73.9 Å². The Hall–Kier alpha value is 1.19. The molecule has 66 valence electrons. The molecular formula is C4H14Cl2O2Pt. The van der Waals surface area contributed by atoms with Crippen LogP contribution in [0.2, 0.25) is 0 Å². The molecule has 0 aromatic rings. The summed E-state index contributed by atoms with van der Waals surface area (Å²) in [5.41, 5.74) is 0. The van der Waals surface area contributed by atoms with Gasteiger partial charge in [-0.3, -0.25) is 0 Å². The van der Waals surface area contributed by atoms with Gasteiger partial charge in [0.15, 0.2) is 0 Å². The van der Waals surface area contributed by atoms with Crippen LogP contribution in [0.3, 0.4) is 0 Å². The predicted molar refractivity (Wildman–Crippen MR) is 41.0 cm³/mol. The third-order valence-electron chi connectivity index (χ3n) is 0. The fraction of sp³-hybridized carbons (Fsp3) is 0.500. The first-order chi connectivity index (χ1) is 3.41. The molecule has 0 radical (unpaired) electrons. The van der Waals surface area contributed by atoms with Gasteiger partial charge in [0.2, 0.25) is 0 Å². The first-order valence-corrected chi connectivity index (χ1v) is 7.28. The van der Waals surface area contributed by atoms with Crippen LogP contribution in [0.15, 0.2) is 0 Å². The molecule has 0 rings (SSSR count). The molecule has 0 aromatic carbocycles. The molecule has 0 fully saturated rings. The Morgan fingerprint density at radius 2 is 0.889 bits per heavy atom. The van der Waals surface area contributed by atoms with Crippen molar-refractivity contribution in [2.45, 2.75) is 13.8 Å². The molecule has 0 amide bonds. The van der Waals surface area contributed by atoms with Gasteiger partial charge in [-0.15, -0.1) is 0 Å². The van der Waals surface area contributed by atoms with Gasteiger partial charge in [-0.25, -0.2) is 0 Å². The molecule has 0 saturated heterocycles. The number of halogens is 2. The van der Waals surface area contributed by atoms with Crippen molar-refractivity contribution in [3.8, 4) is 0 Å². The number of hydrogen-bond acceptors (Lipinski definition) is 0. The van der Waals surface area contributed by atoms with E-state index in [0.717, 1.165) is 0 Å². The van der Waals surface area contributed by atoms with Crippen molar-refractivity contribution in [3.05, 3.63) is 13.8 Å². The molecule has 0 heterocycles. The van der Waals surface area contributed by atoms with Gasteiger partial charge in [0, 0.05) is 0 Å². The van der Waals surface area contributed by atoms with Crippen LogP contribution in [0.5, 0.6) is 0 Å². The van der Waals surface area contributed by atoms with E-state index in [9.17, 15) is 0 Å². The Kier molecular flexibility index (Phi) is 457. The summed E-state index contributed by atoms with van der Waals surface area (Å²) in [6, 6.07) is 0. The standard InChI is InChI=1S/2C2H5.2ClH.2H2O.Pt/c2*1-2;;;;;/h2*1H2,2H3;2*1H;2*1H2;/q2*-1;;;;;+4/p-2. The third kappa shape index (κ3) is 336. The molecule has 0 spiro atoms. The van der Waals surface area contributed by atoms with Crippen LogP contribution in [0.25, 0.3) is 0 Å². The average Bonchev–Trinajstić information content (AvgIpc) is 1.78. The van der Waals surface area contributed by atoms with Crippen LogP contribution in [-0.4, -0.2) is 11.0 Å². The van der Waals surface area contributed by atoms with Crippen LogP contribution < -0.4 is 0 Å². The molecule has 0 atom stereocenters. The van der Waals surface area contributed by atoms with E-state index in [4.69, 9.17) is 18.8 Å². The van der Waals surface area contributed by atoms with E-state index in [1.165, 1.54) is 0 Å². The van der Waals surface area contributed by atoms with Gasteiger partial charge in [0.1, 0.15) is 0 Å². The molecular weight excluding hydrogens is 346 g/mol. The molecule has 0 saturated carbocycles. The van der Waals surface area contributed by atoms with E-state index >= 15 is 0 Å². The van der Waals surface area contributed by atoms with Gasteiger partial charge < -0.3 is 24.8 Å². The Balaban J connectivity index is -0.00000000825. The molecule has 0 aliphatic heterocycles. The topological polar surface area (TPSA) is 63.0 Å².